The lowest BCUT2D eigenvalue weighted by Gasteiger charge is -2.46. The Kier molecular flexibility index (Phi) is 5.02. The maximum Gasteiger partial charge on any atom is 0.263 e. The zero-order chi connectivity index (χ0) is 16.3. The van der Waals surface area contributed by atoms with E-state index in [1.807, 2.05) is 22.4 Å². The van der Waals surface area contributed by atoms with Crippen LogP contribution in [0.25, 0.3) is 0 Å². The van der Waals surface area contributed by atoms with Gasteiger partial charge in [0.1, 0.15) is 0 Å². The monoisotopic (exact) mass is 336 g/mol. The Morgan fingerprint density at radius 2 is 2.22 bits per heavy atom. The van der Waals surface area contributed by atoms with Gasteiger partial charge in [-0.15, -0.1) is 11.3 Å². The topological polar surface area (TPSA) is 58.6 Å². The highest BCUT2D eigenvalue weighted by Crippen LogP contribution is 2.39. The summed E-state index contributed by atoms with van der Waals surface area (Å²) in [5, 5.41) is 4.65. The Bertz CT molecular complexity index is 550. The lowest BCUT2D eigenvalue weighted by Crippen LogP contribution is -2.51. The van der Waals surface area contributed by atoms with Gasteiger partial charge in [0.15, 0.2) is 0 Å². The minimum absolute atomic E-state index is 0.109. The summed E-state index contributed by atoms with van der Waals surface area (Å²) < 4.78 is 6.10. The Hall–Kier alpha value is -1.40. The molecule has 1 aromatic rings. The quantitative estimate of drug-likeness (QED) is 0.921. The number of nitrogens with one attached hydrogen (secondary N) is 1. The molecule has 0 aromatic carbocycles. The van der Waals surface area contributed by atoms with Gasteiger partial charge < -0.3 is 15.0 Å². The number of piperidine rings is 1. The molecule has 0 bridgehead atoms. The number of carbonyl (C=O) groups is 2. The van der Waals surface area contributed by atoms with E-state index in [0.29, 0.717) is 12.3 Å². The SMILES string of the molecule is CNC(=O)CC1CCOC2(CCN(C(=O)c3cccs3)CC2)C1. The van der Waals surface area contributed by atoms with Gasteiger partial charge in [0.25, 0.3) is 5.91 Å². The number of rotatable bonds is 3. The molecule has 1 unspecified atom stereocenters. The first-order valence-corrected chi connectivity index (χ1v) is 9.17. The normalized spacial score (nSPS) is 23.7. The van der Waals surface area contributed by atoms with Gasteiger partial charge in [0, 0.05) is 33.2 Å². The van der Waals surface area contributed by atoms with Crippen molar-refractivity contribution in [1.29, 1.82) is 0 Å². The van der Waals surface area contributed by atoms with Crippen LogP contribution in [0.5, 0.6) is 0 Å². The molecule has 2 amide bonds. The predicted octanol–water partition coefficient (Wildman–Crippen LogP) is 2.29. The van der Waals surface area contributed by atoms with Crippen molar-refractivity contribution in [3.63, 3.8) is 0 Å². The van der Waals surface area contributed by atoms with Crippen molar-refractivity contribution in [2.75, 3.05) is 26.7 Å². The zero-order valence-electron chi connectivity index (χ0n) is 13.5. The number of likely N-dealkylation sites (tertiary alicyclic amines) is 1. The summed E-state index contributed by atoms with van der Waals surface area (Å²) in [5.41, 5.74) is -0.136. The van der Waals surface area contributed by atoms with Crippen molar-refractivity contribution in [1.82, 2.24) is 10.2 Å². The van der Waals surface area contributed by atoms with E-state index in [1.165, 1.54) is 11.3 Å². The maximum atomic E-state index is 12.4. The molecule has 1 N–H and O–H groups in total. The van der Waals surface area contributed by atoms with E-state index < -0.39 is 0 Å². The summed E-state index contributed by atoms with van der Waals surface area (Å²) >= 11 is 1.49. The molecule has 1 aromatic heterocycles. The second kappa shape index (κ2) is 7.01. The number of ether oxygens (including phenoxy) is 1. The van der Waals surface area contributed by atoms with E-state index in [-0.39, 0.29) is 17.4 Å². The molecule has 2 fully saturated rings. The molecule has 2 aliphatic heterocycles. The first kappa shape index (κ1) is 16.5. The molecular formula is C17H24N2O3S. The summed E-state index contributed by atoms with van der Waals surface area (Å²) in [5.74, 6) is 0.633. The molecule has 3 heterocycles. The lowest BCUT2D eigenvalue weighted by atomic mass is 9.78. The number of amides is 2. The van der Waals surface area contributed by atoms with E-state index >= 15 is 0 Å². The van der Waals surface area contributed by atoms with Crippen molar-refractivity contribution in [3.8, 4) is 0 Å². The first-order valence-electron chi connectivity index (χ1n) is 8.29. The fourth-order valence-corrected chi connectivity index (χ4v) is 4.38. The highest BCUT2D eigenvalue weighted by atomic mass is 32.1. The minimum Gasteiger partial charge on any atom is -0.375 e. The molecule has 0 aliphatic carbocycles. The van der Waals surface area contributed by atoms with Crippen molar-refractivity contribution in [3.05, 3.63) is 22.4 Å². The summed E-state index contributed by atoms with van der Waals surface area (Å²) in [4.78, 5) is 26.8. The van der Waals surface area contributed by atoms with Crippen LogP contribution in [0.2, 0.25) is 0 Å². The largest absolute Gasteiger partial charge is 0.375 e. The molecule has 6 heteroatoms. The Morgan fingerprint density at radius 3 is 2.87 bits per heavy atom. The van der Waals surface area contributed by atoms with Gasteiger partial charge in [0.2, 0.25) is 5.91 Å². The molecule has 126 valence electrons. The van der Waals surface area contributed by atoms with Crippen LogP contribution in [0.1, 0.15) is 41.8 Å². The van der Waals surface area contributed by atoms with E-state index in [0.717, 1.165) is 50.3 Å². The zero-order valence-corrected chi connectivity index (χ0v) is 14.4. The molecule has 0 saturated carbocycles. The van der Waals surface area contributed by atoms with Gasteiger partial charge in [-0.2, -0.15) is 0 Å². The van der Waals surface area contributed by atoms with Crippen molar-refractivity contribution in [2.24, 2.45) is 5.92 Å². The van der Waals surface area contributed by atoms with Crippen LogP contribution in [0, 0.1) is 5.92 Å². The van der Waals surface area contributed by atoms with E-state index in [1.54, 1.807) is 7.05 Å². The van der Waals surface area contributed by atoms with Crippen LogP contribution < -0.4 is 5.32 Å². The third kappa shape index (κ3) is 3.75. The molecule has 3 rings (SSSR count). The molecule has 5 nitrogen and oxygen atoms in total. The van der Waals surface area contributed by atoms with Crippen LogP contribution in [-0.4, -0.2) is 49.1 Å². The average molecular weight is 336 g/mol. The fourth-order valence-electron chi connectivity index (χ4n) is 3.69. The molecule has 1 atom stereocenters. The smallest absolute Gasteiger partial charge is 0.263 e. The van der Waals surface area contributed by atoms with Gasteiger partial charge in [-0.25, -0.2) is 0 Å². The number of thiophene rings is 1. The maximum absolute atomic E-state index is 12.4. The van der Waals surface area contributed by atoms with E-state index in [4.69, 9.17) is 4.74 Å². The Balaban J connectivity index is 1.57. The van der Waals surface area contributed by atoms with Crippen LogP contribution in [0.15, 0.2) is 17.5 Å². The van der Waals surface area contributed by atoms with Crippen LogP contribution in [0.4, 0.5) is 0 Å². The molecule has 2 saturated heterocycles. The van der Waals surface area contributed by atoms with Gasteiger partial charge in [0.05, 0.1) is 10.5 Å². The second-order valence-corrected chi connectivity index (χ2v) is 7.48. The number of hydrogen-bond acceptors (Lipinski definition) is 4. The fraction of sp³-hybridized carbons (Fsp3) is 0.647. The Labute approximate surface area is 141 Å². The number of carbonyl (C=O) groups excluding carboxylic acids is 2. The molecular weight excluding hydrogens is 312 g/mol. The predicted molar refractivity (Wildman–Crippen MR) is 89.5 cm³/mol. The molecule has 0 radical (unpaired) electrons. The third-order valence-electron chi connectivity index (χ3n) is 5.04. The van der Waals surface area contributed by atoms with Gasteiger partial charge in [-0.3, -0.25) is 9.59 Å². The van der Waals surface area contributed by atoms with Gasteiger partial charge >= 0.3 is 0 Å². The van der Waals surface area contributed by atoms with Crippen LogP contribution in [-0.2, 0) is 9.53 Å². The highest BCUT2D eigenvalue weighted by Gasteiger charge is 2.41. The summed E-state index contributed by atoms with van der Waals surface area (Å²) in [6.45, 7) is 2.20. The van der Waals surface area contributed by atoms with E-state index in [2.05, 4.69) is 5.32 Å². The summed E-state index contributed by atoms with van der Waals surface area (Å²) in [7, 11) is 1.69. The van der Waals surface area contributed by atoms with Gasteiger partial charge in [-0.05, 0) is 43.0 Å². The third-order valence-corrected chi connectivity index (χ3v) is 5.90. The van der Waals surface area contributed by atoms with Crippen LogP contribution in [0.3, 0.4) is 0 Å². The first-order chi connectivity index (χ1) is 11.1. The molecule has 23 heavy (non-hydrogen) atoms. The Morgan fingerprint density at radius 1 is 1.43 bits per heavy atom. The number of hydrogen-bond donors (Lipinski definition) is 1. The standard InChI is InChI=1S/C17H24N2O3S/c1-18-15(20)11-13-4-9-22-17(12-13)5-7-19(8-6-17)16(21)14-3-2-10-23-14/h2-3,10,13H,4-9,11-12H2,1H3,(H,18,20). The van der Waals surface area contributed by atoms with Crippen molar-refractivity contribution < 1.29 is 14.3 Å². The number of nitrogens with zero attached hydrogens (tertiary/aromatic N) is 1. The minimum atomic E-state index is -0.136. The average Bonchev–Trinajstić information content (AvgIpc) is 3.09. The highest BCUT2D eigenvalue weighted by molar-refractivity contribution is 7.12. The van der Waals surface area contributed by atoms with Crippen molar-refractivity contribution in [2.45, 2.75) is 37.7 Å². The second-order valence-electron chi connectivity index (χ2n) is 6.54. The van der Waals surface area contributed by atoms with Crippen LogP contribution >= 0.6 is 11.3 Å². The van der Waals surface area contributed by atoms with E-state index in [9.17, 15) is 9.59 Å². The van der Waals surface area contributed by atoms with Crippen molar-refractivity contribution >= 4 is 23.2 Å². The van der Waals surface area contributed by atoms with Gasteiger partial charge in [-0.1, -0.05) is 6.07 Å². The molecule has 2 aliphatic rings. The lowest BCUT2D eigenvalue weighted by molar-refractivity contribution is -0.133. The summed E-state index contributed by atoms with van der Waals surface area (Å²) in [6, 6.07) is 3.80. The summed E-state index contributed by atoms with van der Waals surface area (Å²) in [6.07, 6.45) is 4.20. The molecule has 1 spiro atoms.